The van der Waals surface area contributed by atoms with E-state index in [1.165, 1.54) is 17.6 Å². The molecule has 10 heteroatoms. The molecule has 0 bridgehead atoms. The van der Waals surface area contributed by atoms with Crippen LogP contribution in [-0.2, 0) is 0 Å². The van der Waals surface area contributed by atoms with Crippen molar-refractivity contribution in [2.24, 2.45) is 0 Å². The van der Waals surface area contributed by atoms with Crippen molar-refractivity contribution < 1.29 is 14.0 Å². The minimum atomic E-state index is -0.157. The maximum Gasteiger partial charge on any atom is 0.289 e. The van der Waals surface area contributed by atoms with Crippen molar-refractivity contribution in [3.63, 3.8) is 0 Å². The summed E-state index contributed by atoms with van der Waals surface area (Å²) < 4.78 is 5.16. The first-order chi connectivity index (χ1) is 14.0. The molecule has 0 unspecified atom stereocenters. The summed E-state index contributed by atoms with van der Waals surface area (Å²) in [4.78, 5) is 41.5. The SMILES string of the molecule is Cc1cc(C)nc(Nc2nc(C(=O)N3CCN(C(=O)c4ccco4)CC3)cs2)n1. The van der Waals surface area contributed by atoms with Gasteiger partial charge in [-0.05, 0) is 32.0 Å². The number of piperazine rings is 1. The van der Waals surface area contributed by atoms with Gasteiger partial charge in [-0.2, -0.15) is 0 Å². The second-order valence-corrected chi connectivity index (χ2v) is 7.56. The van der Waals surface area contributed by atoms with Crippen molar-refractivity contribution in [2.45, 2.75) is 13.8 Å². The highest BCUT2D eigenvalue weighted by Gasteiger charge is 2.27. The van der Waals surface area contributed by atoms with Crippen LogP contribution in [-0.4, -0.2) is 62.7 Å². The smallest absolute Gasteiger partial charge is 0.289 e. The normalized spacial score (nSPS) is 14.1. The van der Waals surface area contributed by atoms with Crippen LogP contribution in [0.2, 0.25) is 0 Å². The number of thiazole rings is 1. The van der Waals surface area contributed by atoms with Crippen LogP contribution >= 0.6 is 11.3 Å². The molecule has 4 rings (SSSR count). The van der Waals surface area contributed by atoms with Gasteiger partial charge in [-0.3, -0.25) is 9.59 Å². The number of anilines is 2. The third kappa shape index (κ3) is 4.27. The summed E-state index contributed by atoms with van der Waals surface area (Å²) in [5.74, 6) is 0.464. The molecule has 0 aliphatic carbocycles. The maximum absolute atomic E-state index is 12.8. The molecule has 3 aromatic rings. The molecule has 1 aliphatic heterocycles. The van der Waals surface area contributed by atoms with Crippen LogP contribution in [0, 0.1) is 13.8 Å². The Balaban J connectivity index is 1.36. The molecule has 0 atom stereocenters. The van der Waals surface area contributed by atoms with E-state index in [1.807, 2.05) is 19.9 Å². The molecule has 1 N–H and O–H groups in total. The molecule has 0 saturated carbocycles. The molecule has 3 aromatic heterocycles. The van der Waals surface area contributed by atoms with Crippen LogP contribution in [0.4, 0.5) is 11.1 Å². The van der Waals surface area contributed by atoms with Gasteiger partial charge < -0.3 is 19.5 Å². The summed E-state index contributed by atoms with van der Waals surface area (Å²) in [7, 11) is 0. The van der Waals surface area contributed by atoms with Crippen molar-refractivity contribution in [3.8, 4) is 0 Å². The van der Waals surface area contributed by atoms with Gasteiger partial charge in [0.2, 0.25) is 5.95 Å². The van der Waals surface area contributed by atoms with Gasteiger partial charge in [-0.1, -0.05) is 0 Å². The minimum Gasteiger partial charge on any atom is -0.459 e. The molecule has 0 radical (unpaired) electrons. The predicted octanol–water partition coefficient (Wildman–Crippen LogP) is 2.48. The first-order valence-corrected chi connectivity index (χ1v) is 10.0. The van der Waals surface area contributed by atoms with E-state index in [0.29, 0.717) is 48.7 Å². The quantitative estimate of drug-likeness (QED) is 0.702. The van der Waals surface area contributed by atoms with Crippen LogP contribution in [0.3, 0.4) is 0 Å². The van der Waals surface area contributed by atoms with Gasteiger partial charge in [0.25, 0.3) is 11.8 Å². The van der Waals surface area contributed by atoms with E-state index in [4.69, 9.17) is 4.42 Å². The van der Waals surface area contributed by atoms with E-state index in [1.54, 1.807) is 27.3 Å². The lowest BCUT2D eigenvalue weighted by atomic mass is 10.2. The molecule has 1 saturated heterocycles. The van der Waals surface area contributed by atoms with E-state index in [0.717, 1.165) is 11.4 Å². The van der Waals surface area contributed by atoms with Gasteiger partial charge in [0.1, 0.15) is 5.69 Å². The van der Waals surface area contributed by atoms with Gasteiger partial charge in [-0.15, -0.1) is 11.3 Å². The molecular formula is C19H20N6O3S. The first kappa shape index (κ1) is 19.1. The Labute approximate surface area is 171 Å². The fourth-order valence-electron chi connectivity index (χ4n) is 3.14. The number of rotatable bonds is 4. The van der Waals surface area contributed by atoms with Crippen molar-refractivity contribution in [1.29, 1.82) is 0 Å². The lowest BCUT2D eigenvalue weighted by Crippen LogP contribution is -2.50. The molecule has 1 aliphatic rings. The number of carbonyl (C=O) groups is 2. The number of carbonyl (C=O) groups excluding carboxylic acids is 2. The summed E-state index contributed by atoms with van der Waals surface area (Å²) in [6.07, 6.45) is 1.48. The van der Waals surface area contributed by atoms with Crippen LogP contribution in [0.15, 0.2) is 34.3 Å². The fourth-order valence-corrected chi connectivity index (χ4v) is 3.82. The molecule has 1 fully saturated rings. The molecule has 4 heterocycles. The number of aryl methyl sites for hydroxylation is 2. The Morgan fingerprint density at radius 1 is 1.03 bits per heavy atom. The van der Waals surface area contributed by atoms with Crippen LogP contribution < -0.4 is 5.32 Å². The predicted molar refractivity (Wildman–Crippen MR) is 107 cm³/mol. The van der Waals surface area contributed by atoms with Crippen molar-refractivity contribution in [2.75, 3.05) is 31.5 Å². The second kappa shape index (κ2) is 8.00. The zero-order valence-corrected chi connectivity index (χ0v) is 16.9. The van der Waals surface area contributed by atoms with Gasteiger partial charge >= 0.3 is 0 Å². The molecule has 29 heavy (non-hydrogen) atoms. The zero-order valence-electron chi connectivity index (χ0n) is 16.1. The average molecular weight is 412 g/mol. The van der Waals surface area contributed by atoms with Gasteiger partial charge in [0, 0.05) is 42.9 Å². The molecule has 2 amide bonds. The van der Waals surface area contributed by atoms with E-state index in [-0.39, 0.29) is 11.8 Å². The minimum absolute atomic E-state index is 0.152. The lowest BCUT2D eigenvalue weighted by molar-refractivity contribution is 0.0515. The number of amides is 2. The third-order valence-corrected chi connectivity index (χ3v) is 5.27. The topological polar surface area (TPSA) is 104 Å². The zero-order chi connectivity index (χ0) is 20.4. The first-order valence-electron chi connectivity index (χ1n) is 9.16. The average Bonchev–Trinajstić information content (AvgIpc) is 3.38. The summed E-state index contributed by atoms with van der Waals surface area (Å²) in [6.45, 7) is 5.60. The summed E-state index contributed by atoms with van der Waals surface area (Å²) >= 11 is 1.33. The van der Waals surface area contributed by atoms with Crippen molar-refractivity contribution in [3.05, 3.63) is 52.7 Å². The monoisotopic (exact) mass is 412 g/mol. The van der Waals surface area contributed by atoms with Crippen LogP contribution in [0.5, 0.6) is 0 Å². The second-order valence-electron chi connectivity index (χ2n) is 6.70. The number of nitrogens with zero attached hydrogens (tertiary/aromatic N) is 5. The number of hydrogen-bond acceptors (Lipinski definition) is 8. The summed E-state index contributed by atoms with van der Waals surface area (Å²) in [5, 5.41) is 5.33. The summed E-state index contributed by atoms with van der Waals surface area (Å²) in [6, 6.07) is 5.21. The highest BCUT2D eigenvalue weighted by molar-refractivity contribution is 7.14. The molecule has 9 nitrogen and oxygen atoms in total. The maximum atomic E-state index is 12.8. The van der Waals surface area contributed by atoms with E-state index >= 15 is 0 Å². The van der Waals surface area contributed by atoms with E-state index < -0.39 is 0 Å². The Kier molecular flexibility index (Phi) is 5.26. The third-order valence-electron chi connectivity index (χ3n) is 4.51. The van der Waals surface area contributed by atoms with E-state index in [9.17, 15) is 9.59 Å². The van der Waals surface area contributed by atoms with Gasteiger partial charge in [-0.25, -0.2) is 15.0 Å². The molecule has 0 spiro atoms. The number of aromatic nitrogens is 3. The van der Waals surface area contributed by atoms with Crippen LogP contribution in [0.25, 0.3) is 0 Å². The Hall–Kier alpha value is -3.27. The molecule has 0 aromatic carbocycles. The Morgan fingerprint density at radius 2 is 1.69 bits per heavy atom. The van der Waals surface area contributed by atoms with Crippen LogP contribution in [0.1, 0.15) is 32.4 Å². The number of furan rings is 1. The largest absolute Gasteiger partial charge is 0.459 e. The molecule has 150 valence electrons. The standard InChI is InChI=1S/C19H20N6O3S/c1-12-10-13(2)21-18(20-12)23-19-22-14(11-29-19)16(26)24-5-7-25(8-6-24)17(27)15-4-3-9-28-15/h3-4,9-11H,5-8H2,1-2H3,(H,20,21,22,23). The fraction of sp³-hybridized carbons (Fsp3) is 0.316. The van der Waals surface area contributed by atoms with Crippen molar-refractivity contribution in [1.82, 2.24) is 24.8 Å². The Morgan fingerprint density at radius 3 is 2.31 bits per heavy atom. The van der Waals surface area contributed by atoms with Gasteiger partial charge in [0.05, 0.1) is 6.26 Å². The van der Waals surface area contributed by atoms with Gasteiger partial charge in [0.15, 0.2) is 10.9 Å². The highest BCUT2D eigenvalue weighted by Crippen LogP contribution is 2.21. The number of nitrogens with one attached hydrogen (secondary N) is 1. The van der Waals surface area contributed by atoms with Crippen molar-refractivity contribution >= 4 is 34.2 Å². The molecular weight excluding hydrogens is 392 g/mol. The summed E-state index contributed by atoms with van der Waals surface area (Å²) in [5.41, 5.74) is 2.08. The Bertz CT molecular complexity index is 1000. The van der Waals surface area contributed by atoms with E-state index in [2.05, 4.69) is 20.3 Å². The number of hydrogen-bond donors (Lipinski definition) is 1. The lowest BCUT2D eigenvalue weighted by Gasteiger charge is -2.33. The highest BCUT2D eigenvalue weighted by atomic mass is 32.1.